The molecule has 3 heterocycles. The lowest BCUT2D eigenvalue weighted by atomic mass is 9.94. The highest BCUT2D eigenvalue weighted by Gasteiger charge is 2.35. The molecule has 0 unspecified atom stereocenters. The van der Waals surface area contributed by atoms with Crippen LogP contribution < -0.4 is 10.2 Å². The standard InChI is InChI=1S/C12H16BrN3/c13-10-4-2-6-15-12(10)16-7-9-3-1-5-14-11(9)8-16/h2,4,6,9,11,14H,1,3,5,7-8H2/t9-,11+/m0/s1. The van der Waals surface area contributed by atoms with Gasteiger partial charge in [-0.2, -0.15) is 0 Å². The molecule has 86 valence electrons. The van der Waals surface area contributed by atoms with Crippen molar-refractivity contribution in [2.45, 2.75) is 18.9 Å². The fourth-order valence-corrected chi connectivity index (χ4v) is 3.34. The topological polar surface area (TPSA) is 28.2 Å². The molecule has 3 rings (SSSR count). The number of aromatic nitrogens is 1. The minimum absolute atomic E-state index is 0.669. The summed E-state index contributed by atoms with van der Waals surface area (Å²) in [6.45, 7) is 3.42. The lowest BCUT2D eigenvalue weighted by Gasteiger charge is -2.24. The molecule has 4 heteroatoms. The zero-order valence-corrected chi connectivity index (χ0v) is 10.8. The first kappa shape index (κ1) is 10.5. The predicted molar refractivity (Wildman–Crippen MR) is 68.7 cm³/mol. The molecule has 16 heavy (non-hydrogen) atoms. The third-order valence-corrected chi connectivity index (χ3v) is 4.26. The SMILES string of the molecule is Brc1cccnc1N1C[C@@H]2CCCN[C@@H]2C1. The first-order valence-electron chi connectivity index (χ1n) is 5.93. The van der Waals surface area contributed by atoms with Crippen molar-refractivity contribution in [1.82, 2.24) is 10.3 Å². The summed E-state index contributed by atoms with van der Waals surface area (Å²) in [6.07, 6.45) is 4.55. The van der Waals surface area contributed by atoms with E-state index in [1.807, 2.05) is 12.3 Å². The number of nitrogens with one attached hydrogen (secondary N) is 1. The summed E-state index contributed by atoms with van der Waals surface area (Å²) in [5.74, 6) is 1.90. The van der Waals surface area contributed by atoms with Crippen molar-refractivity contribution in [3.8, 4) is 0 Å². The van der Waals surface area contributed by atoms with Crippen molar-refractivity contribution in [3.05, 3.63) is 22.8 Å². The zero-order chi connectivity index (χ0) is 11.0. The van der Waals surface area contributed by atoms with Crippen LogP contribution in [-0.4, -0.2) is 30.7 Å². The van der Waals surface area contributed by atoms with Gasteiger partial charge in [-0.15, -0.1) is 0 Å². The van der Waals surface area contributed by atoms with E-state index in [4.69, 9.17) is 0 Å². The van der Waals surface area contributed by atoms with Crippen molar-refractivity contribution in [3.63, 3.8) is 0 Å². The van der Waals surface area contributed by atoms with Crippen LogP contribution in [0, 0.1) is 5.92 Å². The normalized spacial score (nSPS) is 29.2. The van der Waals surface area contributed by atoms with Gasteiger partial charge in [0.25, 0.3) is 0 Å². The van der Waals surface area contributed by atoms with Gasteiger partial charge >= 0.3 is 0 Å². The maximum Gasteiger partial charge on any atom is 0.142 e. The van der Waals surface area contributed by atoms with Gasteiger partial charge in [0.2, 0.25) is 0 Å². The van der Waals surface area contributed by atoms with Crippen LogP contribution in [0.4, 0.5) is 5.82 Å². The number of nitrogens with zero attached hydrogens (tertiary/aromatic N) is 2. The molecule has 2 fully saturated rings. The van der Waals surface area contributed by atoms with Gasteiger partial charge in [0, 0.05) is 25.3 Å². The lowest BCUT2D eigenvalue weighted by molar-refractivity contribution is 0.340. The van der Waals surface area contributed by atoms with E-state index < -0.39 is 0 Å². The lowest BCUT2D eigenvalue weighted by Crippen LogP contribution is -2.40. The molecule has 2 saturated heterocycles. The first-order chi connectivity index (χ1) is 7.84. The largest absolute Gasteiger partial charge is 0.354 e. The van der Waals surface area contributed by atoms with Gasteiger partial charge in [0.1, 0.15) is 5.82 Å². The molecule has 3 nitrogen and oxygen atoms in total. The fourth-order valence-electron chi connectivity index (χ4n) is 2.83. The molecule has 0 aromatic carbocycles. The molecule has 0 radical (unpaired) electrons. The third-order valence-electron chi connectivity index (χ3n) is 3.64. The minimum Gasteiger partial charge on any atom is -0.354 e. The average molecular weight is 282 g/mol. The van der Waals surface area contributed by atoms with Crippen molar-refractivity contribution in [2.75, 3.05) is 24.5 Å². The summed E-state index contributed by atoms with van der Waals surface area (Å²) in [7, 11) is 0. The molecule has 1 aromatic rings. The molecule has 1 aromatic heterocycles. The second kappa shape index (κ2) is 4.34. The molecule has 0 aliphatic carbocycles. The van der Waals surface area contributed by atoms with E-state index in [0.717, 1.165) is 29.3 Å². The Bertz CT molecular complexity index is 368. The summed E-state index contributed by atoms with van der Waals surface area (Å²) in [5, 5.41) is 3.62. The van der Waals surface area contributed by atoms with E-state index in [1.165, 1.54) is 19.4 Å². The quantitative estimate of drug-likeness (QED) is 0.854. The van der Waals surface area contributed by atoms with Crippen molar-refractivity contribution >= 4 is 21.7 Å². The Kier molecular flexibility index (Phi) is 2.86. The maximum absolute atomic E-state index is 4.47. The van der Waals surface area contributed by atoms with Crippen LogP contribution >= 0.6 is 15.9 Å². The molecule has 1 N–H and O–H groups in total. The van der Waals surface area contributed by atoms with Gasteiger partial charge in [-0.3, -0.25) is 0 Å². The van der Waals surface area contributed by atoms with Gasteiger partial charge in [0.15, 0.2) is 0 Å². The molecule has 2 aliphatic heterocycles. The Hall–Kier alpha value is -0.610. The van der Waals surface area contributed by atoms with Gasteiger partial charge in [-0.05, 0) is 53.4 Å². The number of hydrogen-bond acceptors (Lipinski definition) is 3. The molecular formula is C12H16BrN3. The summed E-state index contributed by atoms with van der Waals surface area (Å²) in [5.41, 5.74) is 0. The Balaban J connectivity index is 1.80. The van der Waals surface area contributed by atoms with Crippen LogP contribution in [0.1, 0.15) is 12.8 Å². The number of rotatable bonds is 1. The van der Waals surface area contributed by atoms with Crippen LogP contribution in [0.2, 0.25) is 0 Å². The number of halogens is 1. The Morgan fingerprint density at radius 2 is 2.38 bits per heavy atom. The number of pyridine rings is 1. The fraction of sp³-hybridized carbons (Fsp3) is 0.583. The van der Waals surface area contributed by atoms with Crippen molar-refractivity contribution < 1.29 is 0 Å². The zero-order valence-electron chi connectivity index (χ0n) is 9.19. The van der Waals surface area contributed by atoms with E-state index in [0.29, 0.717) is 6.04 Å². The molecular weight excluding hydrogens is 266 g/mol. The predicted octanol–water partition coefficient (Wildman–Crippen LogP) is 2.03. The second-order valence-corrected chi connectivity index (χ2v) is 5.53. The van der Waals surface area contributed by atoms with Gasteiger partial charge < -0.3 is 10.2 Å². The monoisotopic (exact) mass is 281 g/mol. The van der Waals surface area contributed by atoms with Crippen LogP contribution in [0.3, 0.4) is 0 Å². The van der Waals surface area contributed by atoms with E-state index in [9.17, 15) is 0 Å². The minimum atomic E-state index is 0.669. The smallest absolute Gasteiger partial charge is 0.142 e. The van der Waals surface area contributed by atoms with E-state index in [1.54, 1.807) is 0 Å². The highest BCUT2D eigenvalue weighted by molar-refractivity contribution is 9.10. The number of hydrogen-bond donors (Lipinski definition) is 1. The molecule has 2 aliphatic rings. The number of fused-ring (bicyclic) bond motifs is 1. The first-order valence-corrected chi connectivity index (χ1v) is 6.73. The highest BCUT2D eigenvalue weighted by atomic mass is 79.9. The van der Waals surface area contributed by atoms with E-state index >= 15 is 0 Å². The van der Waals surface area contributed by atoms with Gasteiger partial charge in [-0.25, -0.2) is 4.98 Å². The molecule has 2 atom stereocenters. The van der Waals surface area contributed by atoms with Crippen LogP contribution in [0.5, 0.6) is 0 Å². The Labute approximate surface area is 104 Å². The maximum atomic E-state index is 4.47. The second-order valence-electron chi connectivity index (χ2n) is 4.68. The van der Waals surface area contributed by atoms with Crippen LogP contribution in [0.15, 0.2) is 22.8 Å². The van der Waals surface area contributed by atoms with Crippen LogP contribution in [0.25, 0.3) is 0 Å². The Morgan fingerprint density at radius 1 is 1.44 bits per heavy atom. The molecule has 0 amide bonds. The summed E-state index contributed by atoms with van der Waals surface area (Å²) < 4.78 is 1.11. The van der Waals surface area contributed by atoms with Gasteiger partial charge in [-0.1, -0.05) is 0 Å². The molecule has 0 spiro atoms. The number of anilines is 1. The molecule has 0 saturated carbocycles. The average Bonchev–Trinajstić information content (AvgIpc) is 2.73. The van der Waals surface area contributed by atoms with E-state index in [-0.39, 0.29) is 0 Å². The van der Waals surface area contributed by atoms with Crippen molar-refractivity contribution in [2.24, 2.45) is 5.92 Å². The van der Waals surface area contributed by atoms with Gasteiger partial charge in [0.05, 0.1) is 4.47 Å². The third kappa shape index (κ3) is 1.84. The Morgan fingerprint density at radius 3 is 3.19 bits per heavy atom. The summed E-state index contributed by atoms with van der Waals surface area (Å²) >= 11 is 3.58. The summed E-state index contributed by atoms with van der Waals surface area (Å²) in [6, 6.07) is 4.70. The van der Waals surface area contributed by atoms with E-state index in [2.05, 4.69) is 37.2 Å². The van der Waals surface area contributed by atoms with Crippen LogP contribution in [-0.2, 0) is 0 Å². The van der Waals surface area contributed by atoms with Crippen molar-refractivity contribution in [1.29, 1.82) is 0 Å². The molecule has 0 bridgehead atoms. The summed E-state index contributed by atoms with van der Waals surface area (Å²) in [4.78, 5) is 6.87. The number of piperidine rings is 1. The highest BCUT2D eigenvalue weighted by Crippen LogP contribution is 2.31.